The fourth-order valence-electron chi connectivity index (χ4n) is 1.20. The first-order chi connectivity index (χ1) is 6.52. The van der Waals surface area contributed by atoms with E-state index in [-0.39, 0.29) is 12.0 Å². The molecule has 1 atom stereocenters. The largest absolute Gasteiger partial charge is 0.480 e. The molecule has 6 heteroatoms. The third-order valence-corrected chi connectivity index (χ3v) is 2.06. The summed E-state index contributed by atoms with van der Waals surface area (Å²) in [5.74, 6) is 2.75. The second-order valence-corrected chi connectivity index (χ2v) is 2.95. The normalized spacial score (nSPS) is 25.6. The standard InChI is InChI=1S/C8H10N2O4/c9-10-8(7(13)14)3-1-2-5(4-8)6(11)12/h1-3,10H,4,9H2,(H,11,12)(H,13,14). The van der Waals surface area contributed by atoms with Gasteiger partial charge in [-0.1, -0.05) is 18.2 Å². The van der Waals surface area contributed by atoms with Gasteiger partial charge in [0.05, 0.1) is 0 Å². The molecule has 0 amide bonds. The van der Waals surface area contributed by atoms with Crippen molar-refractivity contribution in [3.63, 3.8) is 0 Å². The van der Waals surface area contributed by atoms with E-state index < -0.39 is 17.5 Å². The van der Waals surface area contributed by atoms with Gasteiger partial charge >= 0.3 is 11.9 Å². The first kappa shape index (κ1) is 10.4. The number of nitrogens with two attached hydrogens (primary N) is 1. The summed E-state index contributed by atoms with van der Waals surface area (Å²) in [4.78, 5) is 21.5. The van der Waals surface area contributed by atoms with Crippen LogP contribution in [0.25, 0.3) is 0 Å². The Balaban J connectivity index is 2.98. The van der Waals surface area contributed by atoms with Crippen LogP contribution in [0.2, 0.25) is 0 Å². The van der Waals surface area contributed by atoms with Crippen molar-refractivity contribution in [3.8, 4) is 0 Å². The summed E-state index contributed by atoms with van der Waals surface area (Å²) in [6, 6.07) is 0. The lowest BCUT2D eigenvalue weighted by Gasteiger charge is -2.27. The highest BCUT2D eigenvalue weighted by Gasteiger charge is 2.38. The fourth-order valence-corrected chi connectivity index (χ4v) is 1.20. The second kappa shape index (κ2) is 3.60. The predicted octanol–water partition coefficient (Wildman–Crippen LogP) is -0.756. The summed E-state index contributed by atoms with van der Waals surface area (Å²) in [7, 11) is 0. The van der Waals surface area contributed by atoms with Gasteiger partial charge in [0.1, 0.15) is 0 Å². The Morgan fingerprint density at radius 1 is 1.50 bits per heavy atom. The van der Waals surface area contributed by atoms with E-state index in [9.17, 15) is 9.59 Å². The summed E-state index contributed by atoms with van der Waals surface area (Å²) in [5, 5.41) is 17.6. The molecule has 1 aliphatic carbocycles. The van der Waals surface area contributed by atoms with E-state index in [1.165, 1.54) is 18.2 Å². The number of hydrogen-bond acceptors (Lipinski definition) is 4. The summed E-state index contributed by atoms with van der Waals surface area (Å²) < 4.78 is 0. The fraction of sp³-hybridized carbons (Fsp3) is 0.250. The van der Waals surface area contributed by atoms with Crippen molar-refractivity contribution in [1.29, 1.82) is 0 Å². The SMILES string of the molecule is NNC1(C(=O)O)C=CC=C(C(=O)O)C1. The van der Waals surface area contributed by atoms with Gasteiger partial charge in [0.15, 0.2) is 5.54 Å². The smallest absolute Gasteiger partial charge is 0.331 e. The summed E-state index contributed by atoms with van der Waals surface area (Å²) >= 11 is 0. The van der Waals surface area contributed by atoms with Gasteiger partial charge < -0.3 is 10.2 Å². The van der Waals surface area contributed by atoms with Gasteiger partial charge in [0, 0.05) is 12.0 Å². The third-order valence-electron chi connectivity index (χ3n) is 2.06. The highest BCUT2D eigenvalue weighted by Crippen LogP contribution is 2.22. The van der Waals surface area contributed by atoms with E-state index >= 15 is 0 Å². The van der Waals surface area contributed by atoms with Crippen LogP contribution in [0.5, 0.6) is 0 Å². The van der Waals surface area contributed by atoms with E-state index in [0.717, 1.165) is 0 Å². The Morgan fingerprint density at radius 3 is 2.57 bits per heavy atom. The first-order valence-electron chi connectivity index (χ1n) is 3.85. The lowest BCUT2D eigenvalue weighted by Crippen LogP contribution is -2.55. The maximum atomic E-state index is 10.9. The molecule has 0 aliphatic heterocycles. The average Bonchev–Trinajstić information content (AvgIpc) is 2.17. The van der Waals surface area contributed by atoms with E-state index in [2.05, 4.69) is 5.43 Å². The summed E-state index contributed by atoms with van der Waals surface area (Å²) in [5.41, 5.74) is 0.607. The van der Waals surface area contributed by atoms with Crippen molar-refractivity contribution in [2.24, 2.45) is 5.84 Å². The molecule has 0 saturated heterocycles. The van der Waals surface area contributed by atoms with Gasteiger partial charge in [-0.15, -0.1) is 0 Å². The van der Waals surface area contributed by atoms with Crippen molar-refractivity contribution >= 4 is 11.9 Å². The van der Waals surface area contributed by atoms with Crippen LogP contribution in [0, 0.1) is 0 Å². The monoisotopic (exact) mass is 198 g/mol. The molecular formula is C8H10N2O4. The number of allylic oxidation sites excluding steroid dienone is 2. The zero-order chi connectivity index (χ0) is 10.8. The van der Waals surface area contributed by atoms with E-state index in [4.69, 9.17) is 16.1 Å². The molecule has 1 aliphatic rings. The van der Waals surface area contributed by atoms with Crippen LogP contribution in [0.3, 0.4) is 0 Å². The number of carboxylic acid groups (broad SMARTS) is 2. The van der Waals surface area contributed by atoms with Gasteiger partial charge in [-0.2, -0.15) is 0 Å². The van der Waals surface area contributed by atoms with Crippen LogP contribution in [-0.2, 0) is 9.59 Å². The molecule has 0 aromatic rings. The van der Waals surface area contributed by atoms with Crippen molar-refractivity contribution in [3.05, 3.63) is 23.8 Å². The van der Waals surface area contributed by atoms with Crippen LogP contribution in [-0.4, -0.2) is 27.7 Å². The maximum absolute atomic E-state index is 10.9. The lowest BCUT2D eigenvalue weighted by molar-refractivity contribution is -0.143. The zero-order valence-electron chi connectivity index (χ0n) is 7.23. The number of rotatable bonds is 3. The van der Waals surface area contributed by atoms with Gasteiger partial charge in [-0.05, 0) is 0 Å². The minimum absolute atomic E-state index is 0.00727. The Hall–Kier alpha value is -1.66. The van der Waals surface area contributed by atoms with Gasteiger partial charge in [-0.25, -0.2) is 15.0 Å². The number of carboxylic acids is 2. The van der Waals surface area contributed by atoms with Crippen LogP contribution >= 0.6 is 0 Å². The second-order valence-electron chi connectivity index (χ2n) is 2.95. The highest BCUT2D eigenvalue weighted by atomic mass is 16.4. The molecular weight excluding hydrogens is 188 g/mol. The molecule has 76 valence electrons. The Bertz CT molecular complexity index is 334. The number of hydrazine groups is 1. The molecule has 14 heavy (non-hydrogen) atoms. The molecule has 0 fully saturated rings. The first-order valence-corrected chi connectivity index (χ1v) is 3.85. The van der Waals surface area contributed by atoms with E-state index in [1.54, 1.807) is 0 Å². The predicted molar refractivity (Wildman–Crippen MR) is 47.2 cm³/mol. The van der Waals surface area contributed by atoms with Crippen molar-refractivity contribution in [1.82, 2.24) is 5.43 Å². The molecule has 0 radical (unpaired) electrons. The van der Waals surface area contributed by atoms with Crippen molar-refractivity contribution in [2.45, 2.75) is 12.0 Å². The lowest BCUT2D eigenvalue weighted by atomic mass is 9.87. The third kappa shape index (κ3) is 1.66. The Labute approximate surface area is 79.7 Å². The Morgan fingerprint density at radius 2 is 2.14 bits per heavy atom. The molecule has 6 nitrogen and oxygen atoms in total. The van der Waals surface area contributed by atoms with Gasteiger partial charge in [-0.3, -0.25) is 5.84 Å². The van der Waals surface area contributed by atoms with Crippen molar-refractivity contribution in [2.75, 3.05) is 0 Å². The number of aliphatic carboxylic acids is 2. The molecule has 0 bridgehead atoms. The molecule has 1 unspecified atom stereocenters. The molecule has 1 rings (SSSR count). The maximum Gasteiger partial charge on any atom is 0.331 e. The molecule has 0 aromatic heterocycles. The summed E-state index contributed by atoms with van der Waals surface area (Å²) in [6.07, 6.45) is 3.86. The van der Waals surface area contributed by atoms with Gasteiger partial charge in [0.25, 0.3) is 0 Å². The number of nitrogens with one attached hydrogen (secondary N) is 1. The minimum atomic E-state index is -1.51. The Kier molecular flexibility index (Phi) is 2.68. The van der Waals surface area contributed by atoms with Crippen molar-refractivity contribution < 1.29 is 19.8 Å². The molecule has 0 aromatic carbocycles. The van der Waals surface area contributed by atoms with Crippen LogP contribution in [0.15, 0.2) is 23.8 Å². The molecule has 0 heterocycles. The average molecular weight is 198 g/mol. The van der Waals surface area contributed by atoms with E-state index in [0.29, 0.717) is 0 Å². The van der Waals surface area contributed by atoms with Crippen LogP contribution < -0.4 is 11.3 Å². The molecule has 0 spiro atoms. The zero-order valence-corrected chi connectivity index (χ0v) is 7.23. The minimum Gasteiger partial charge on any atom is -0.480 e. The quantitative estimate of drug-likeness (QED) is 0.350. The topological polar surface area (TPSA) is 113 Å². The van der Waals surface area contributed by atoms with Gasteiger partial charge in [0.2, 0.25) is 0 Å². The summed E-state index contributed by atoms with van der Waals surface area (Å²) in [6.45, 7) is 0. The highest BCUT2D eigenvalue weighted by molar-refractivity contribution is 5.91. The molecule has 5 N–H and O–H groups in total. The van der Waals surface area contributed by atoms with Crippen LogP contribution in [0.4, 0.5) is 0 Å². The number of carbonyl (C=O) groups is 2. The van der Waals surface area contributed by atoms with Crippen LogP contribution in [0.1, 0.15) is 6.42 Å². The number of hydrogen-bond donors (Lipinski definition) is 4. The molecule has 0 saturated carbocycles. The van der Waals surface area contributed by atoms with E-state index in [1.807, 2.05) is 0 Å².